The molecule has 2 saturated heterocycles. The van der Waals surface area contributed by atoms with Crippen LogP contribution in [0.2, 0.25) is 0 Å². The molecule has 4 aliphatic heterocycles. The van der Waals surface area contributed by atoms with Crippen LogP contribution in [0.25, 0.3) is 0 Å². The number of carbonyl (C=O) groups excluding carboxylic acids is 3. The van der Waals surface area contributed by atoms with E-state index in [0.29, 0.717) is 41.8 Å². The zero-order valence-electron chi connectivity index (χ0n) is 42.3. The minimum absolute atomic E-state index is 0.0460. The Balaban J connectivity index is 0.000000209. The van der Waals surface area contributed by atoms with Gasteiger partial charge >= 0.3 is 5.97 Å². The van der Waals surface area contributed by atoms with Crippen molar-refractivity contribution >= 4 is 64.4 Å². The van der Waals surface area contributed by atoms with Crippen LogP contribution in [0, 0.1) is 0 Å². The number of amidine groups is 2. The van der Waals surface area contributed by atoms with Crippen molar-refractivity contribution in [2.24, 2.45) is 21.8 Å². The average molecular weight is 1000 g/mol. The van der Waals surface area contributed by atoms with Crippen molar-refractivity contribution in [1.29, 1.82) is 0 Å². The van der Waals surface area contributed by atoms with E-state index in [2.05, 4.69) is 64.8 Å². The fourth-order valence-corrected chi connectivity index (χ4v) is 13.0. The molecule has 0 saturated carbocycles. The summed E-state index contributed by atoms with van der Waals surface area (Å²) in [7, 11) is 0. The van der Waals surface area contributed by atoms with Crippen LogP contribution in [0.4, 0.5) is 11.4 Å². The summed E-state index contributed by atoms with van der Waals surface area (Å²) in [4.78, 5) is 54.6. The molecule has 8 rings (SSSR count). The predicted molar refractivity (Wildman–Crippen MR) is 289 cm³/mol. The van der Waals surface area contributed by atoms with Gasteiger partial charge in [-0.3, -0.25) is 19.4 Å². The molecule has 2 amide bonds. The highest BCUT2D eigenvalue weighted by molar-refractivity contribution is 8.00. The van der Waals surface area contributed by atoms with E-state index in [0.717, 1.165) is 84.0 Å². The number of fused-ring (bicyclic) bond motifs is 2. The van der Waals surface area contributed by atoms with Gasteiger partial charge in [-0.15, -0.1) is 23.5 Å². The second-order valence-corrected chi connectivity index (χ2v) is 21.9. The molecule has 0 aliphatic carbocycles. The number of anilines is 2. The van der Waals surface area contributed by atoms with Gasteiger partial charge in [0, 0.05) is 65.1 Å². The van der Waals surface area contributed by atoms with Gasteiger partial charge in [0.05, 0.1) is 11.4 Å². The van der Waals surface area contributed by atoms with Crippen molar-refractivity contribution in [2.45, 2.75) is 156 Å². The van der Waals surface area contributed by atoms with E-state index in [-0.39, 0.29) is 34.0 Å². The topological polar surface area (TPSA) is 170 Å². The first-order valence-electron chi connectivity index (χ1n) is 25.7. The van der Waals surface area contributed by atoms with Crippen molar-refractivity contribution < 1.29 is 24.4 Å². The van der Waals surface area contributed by atoms with Crippen molar-refractivity contribution in [3.05, 3.63) is 119 Å². The summed E-state index contributed by atoms with van der Waals surface area (Å²) < 4.78 is 0. The monoisotopic (exact) mass is 1000 g/mol. The predicted octanol–water partition coefficient (Wildman–Crippen LogP) is 10.9. The molecule has 0 spiro atoms. The summed E-state index contributed by atoms with van der Waals surface area (Å²) in [5.74, 6) is -0.220. The maximum atomic E-state index is 13.7. The minimum Gasteiger partial charge on any atom is -0.409 e. The van der Waals surface area contributed by atoms with Crippen molar-refractivity contribution in [3.63, 3.8) is 0 Å². The molecular weight excluding hydrogens is 929 g/mol. The van der Waals surface area contributed by atoms with E-state index in [1.54, 1.807) is 35.7 Å². The number of benzene rings is 4. The van der Waals surface area contributed by atoms with E-state index in [1.165, 1.54) is 51.9 Å². The van der Waals surface area contributed by atoms with E-state index in [1.807, 2.05) is 82.6 Å². The number of carbonyl (C=O) groups is 3. The summed E-state index contributed by atoms with van der Waals surface area (Å²) in [6, 6.07) is 33.8. The van der Waals surface area contributed by atoms with Crippen LogP contribution in [0.3, 0.4) is 0 Å². The first-order valence-corrected chi connectivity index (χ1v) is 27.4. The Kier molecular flexibility index (Phi) is 19.5. The molecule has 13 nitrogen and oxygen atoms in total. The fourth-order valence-electron chi connectivity index (χ4n) is 10.6. The van der Waals surface area contributed by atoms with Crippen molar-refractivity contribution in [1.82, 2.24) is 9.80 Å². The highest BCUT2D eigenvalue weighted by atomic mass is 32.2. The summed E-state index contributed by atoms with van der Waals surface area (Å²) in [5.41, 5.74) is 16.7. The molecule has 15 heteroatoms. The van der Waals surface area contributed by atoms with Crippen LogP contribution < -0.4 is 21.3 Å². The standard InChI is InChI=1S/C29H38N4O3S.C27H36N4O2S/c1-20-11-9-12-21(2)32(20)17-7-4-8-18-33-25-15-5-6-16-26(25)37-27(29(33)35)23-13-10-14-24(19-23)28(30)31-36-22(3)34;1-19-10-8-11-20(2)30(19)16-6-3-7-17-31-23-14-4-5-15-24(23)34-25(27(31)32)21-12-9-13-22(18-21)26(28)29-33/h5-6,10,13-16,19-21,27H,4,7-9,11-12,17-18H2,1-3H3,(H2,30,31);4-5,9,12-15,18-20,25,33H,3,6-8,10-11,16-17H2,1-2H3,(H2,28,29)/t20-,21+,27?;19-,20+,25?. The van der Waals surface area contributed by atoms with Gasteiger partial charge in [-0.2, -0.15) is 0 Å². The normalized spacial score (nSPS) is 23.1. The highest BCUT2D eigenvalue weighted by Crippen LogP contribution is 2.48. The summed E-state index contributed by atoms with van der Waals surface area (Å²) in [6.07, 6.45) is 14.4. The molecule has 4 aromatic rings. The molecule has 6 atom stereocenters. The van der Waals surface area contributed by atoms with E-state index in [4.69, 9.17) is 16.7 Å². The Morgan fingerprint density at radius 2 is 1.00 bits per heavy atom. The number of hydrogen-bond acceptors (Lipinski definition) is 11. The lowest BCUT2D eigenvalue weighted by Gasteiger charge is -2.39. The summed E-state index contributed by atoms with van der Waals surface area (Å²) in [5, 5.41) is 15.1. The molecule has 4 aromatic carbocycles. The number of hydrogen-bond donors (Lipinski definition) is 3. The minimum atomic E-state index is -0.538. The lowest BCUT2D eigenvalue weighted by atomic mass is 9.97. The number of amides is 2. The average Bonchev–Trinajstić information content (AvgIpc) is 3.37. The highest BCUT2D eigenvalue weighted by Gasteiger charge is 2.36. The van der Waals surface area contributed by atoms with Gasteiger partial charge in [0.15, 0.2) is 11.7 Å². The summed E-state index contributed by atoms with van der Waals surface area (Å²) >= 11 is 3.13. The Hall–Kier alpha value is -5.35. The maximum absolute atomic E-state index is 13.7. The van der Waals surface area contributed by atoms with Gasteiger partial charge in [-0.05, 0) is 140 Å². The smallest absolute Gasteiger partial charge is 0.332 e. The Labute approximate surface area is 429 Å². The number of para-hydroxylation sites is 2. The number of piperidine rings is 2. The second kappa shape index (κ2) is 25.9. The zero-order valence-corrected chi connectivity index (χ0v) is 43.9. The van der Waals surface area contributed by atoms with Gasteiger partial charge in [0.1, 0.15) is 10.5 Å². The first kappa shape index (κ1) is 53.4. The molecule has 0 bridgehead atoms. The van der Waals surface area contributed by atoms with Crippen LogP contribution in [-0.2, 0) is 19.2 Å². The molecule has 71 heavy (non-hydrogen) atoms. The molecule has 2 fully saturated rings. The quantitative estimate of drug-likeness (QED) is 0.0230. The van der Waals surface area contributed by atoms with Crippen LogP contribution in [0.1, 0.15) is 144 Å². The first-order chi connectivity index (χ1) is 34.3. The van der Waals surface area contributed by atoms with Crippen LogP contribution >= 0.6 is 23.5 Å². The maximum Gasteiger partial charge on any atom is 0.332 e. The van der Waals surface area contributed by atoms with Gasteiger partial charge in [0.25, 0.3) is 0 Å². The van der Waals surface area contributed by atoms with Crippen molar-refractivity contribution in [3.8, 4) is 0 Å². The van der Waals surface area contributed by atoms with E-state index < -0.39 is 5.97 Å². The van der Waals surface area contributed by atoms with Gasteiger partial charge in [-0.1, -0.05) is 96.7 Å². The van der Waals surface area contributed by atoms with Crippen LogP contribution in [0.5, 0.6) is 0 Å². The number of thioether (sulfide) groups is 2. The van der Waals surface area contributed by atoms with E-state index >= 15 is 0 Å². The number of nitrogens with two attached hydrogens (primary N) is 2. The summed E-state index contributed by atoms with van der Waals surface area (Å²) in [6.45, 7) is 14.4. The Bertz CT molecular complexity index is 2480. The van der Waals surface area contributed by atoms with Gasteiger partial charge in [-0.25, -0.2) is 4.79 Å². The third-order valence-electron chi connectivity index (χ3n) is 14.5. The molecular formula is C56H74N8O5S2. The SMILES string of the molecule is CC(=O)ON=C(N)c1cccc(C2Sc3ccccc3N(CCCCCN3[C@H](C)CCC[C@@H]3C)C2=O)c1.C[C@@H]1CCC[C@H](C)N1CCCCCN1C(=O)C(c2cccc(C(N)=NO)c2)Sc2ccccc21. The Morgan fingerprint density at radius 1 is 0.592 bits per heavy atom. The lowest BCUT2D eigenvalue weighted by Crippen LogP contribution is -2.44. The number of nitrogens with zero attached hydrogens (tertiary/aromatic N) is 6. The number of rotatable bonds is 17. The van der Waals surface area contributed by atoms with E-state index in [9.17, 15) is 14.4 Å². The Morgan fingerprint density at radius 3 is 1.42 bits per heavy atom. The third-order valence-corrected chi connectivity index (χ3v) is 17.1. The fraction of sp³-hybridized carbons (Fsp3) is 0.482. The molecule has 0 radical (unpaired) electrons. The number of unbranched alkanes of at least 4 members (excludes halogenated alkanes) is 4. The second-order valence-electron chi connectivity index (χ2n) is 19.6. The number of likely N-dealkylation sites (tertiary alicyclic amines) is 2. The molecule has 2 unspecified atom stereocenters. The molecule has 4 heterocycles. The molecule has 0 aromatic heterocycles. The van der Waals surface area contributed by atoms with Gasteiger partial charge < -0.3 is 31.3 Å². The largest absolute Gasteiger partial charge is 0.409 e. The van der Waals surface area contributed by atoms with Crippen LogP contribution in [-0.4, -0.2) is 94.8 Å². The van der Waals surface area contributed by atoms with Crippen LogP contribution in [0.15, 0.2) is 117 Å². The van der Waals surface area contributed by atoms with Crippen molar-refractivity contribution in [2.75, 3.05) is 36.0 Å². The third kappa shape index (κ3) is 13.8. The zero-order chi connectivity index (χ0) is 50.4. The van der Waals surface area contributed by atoms with Gasteiger partial charge in [0.2, 0.25) is 11.8 Å². The molecule has 5 N–H and O–H groups in total. The number of oxime groups is 2. The lowest BCUT2D eigenvalue weighted by molar-refractivity contribution is -0.141. The molecule has 380 valence electrons. The molecule has 4 aliphatic rings.